The van der Waals surface area contributed by atoms with Crippen molar-refractivity contribution in [3.63, 3.8) is 0 Å². The smallest absolute Gasteiger partial charge is 0.303 e. The summed E-state index contributed by atoms with van der Waals surface area (Å²) in [6.07, 6.45) is 5.00. The molecule has 27 heavy (non-hydrogen) atoms. The highest BCUT2D eigenvalue weighted by molar-refractivity contribution is 6.05. The minimum absolute atomic E-state index is 0.179. The fourth-order valence-corrected chi connectivity index (χ4v) is 3.81. The molecule has 0 aliphatic carbocycles. The summed E-state index contributed by atoms with van der Waals surface area (Å²) in [7, 11) is 0. The van der Waals surface area contributed by atoms with E-state index in [1.54, 1.807) is 0 Å². The average molecular weight is 367 g/mol. The summed E-state index contributed by atoms with van der Waals surface area (Å²) in [5.74, 6) is 1.17. The van der Waals surface area contributed by atoms with E-state index in [1.165, 1.54) is 12.8 Å². The van der Waals surface area contributed by atoms with Crippen molar-refractivity contribution in [1.82, 2.24) is 9.97 Å². The topological polar surface area (TPSA) is 79.5 Å². The Morgan fingerprint density at radius 1 is 1.22 bits per heavy atom. The number of rotatable bonds is 7. The van der Waals surface area contributed by atoms with Crippen LogP contribution in [0.4, 0.5) is 5.82 Å². The van der Waals surface area contributed by atoms with E-state index >= 15 is 0 Å². The molecule has 1 aliphatic heterocycles. The van der Waals surface area contributed by atoms with Gasteiger partial charge in [-0.1, -0.05) is 25.5 Å². The quantitative estimate of drug-likeness (QED) is 0.609. The van der Waals surface area contributed by atoms with Gasteiger partial charge in [0.1, 0.15) is 16.9 Å². The Labute approximate surface area is 158 Å². The number of aliphatic carboxylic acids is 1. The molecule has 1 N–H and O–H groups in total. The number of carbonyl (C=O) groups is 1. The first kappa shape index (κ1) is 17.8. The summed E-state index contributed by atoms with van der Waals surface area (Å²) < 4.78 is 6.12. The van der Waals surface area contributed by atoms with Gasteiger partial charge >= 0.3 is 5.97 Å². The second-order valence-corrected chi connectivity index (χ2v) is 7.42. The summed E-state index contributed by atoms with van der Waals surface area (Å²) in [5, 5.41) is 9.83. The molecule has 2 aromatic heterocycles. The van der Waals surface area contributed by atoms with Gasteiger partial charge in [-0.05, 0) is 37.8 Å². The van der Waals surface area contributed by atoms with E-state index < -0.39 is 5.97 Å². The molecule has 0 saturated carbocycles. The zero-order valence-corrected chi connectivity index (χ0v) is 15.6. The molecule has 0 spiro atoms. The van der Waals surface area contributed by atoms with Crippen LogP contribution < -0.4 is 4.90 Å². The fraction of sp³-hybridized carbons (Fsp3) is 0.476. The average Bonchev–Trinajstić information content (AvgIpc) is 3.32. The number of unbranched alkanes of at least 4 members (excludes halogenated alkanes) is 1. The molecule has 142 valence electrons. The summed E-state index contributed by atoms with van der Waals surface area (Å²) in [6, 6.07) is 7.99. The molecule has 0 radical (unpaired) electrons. The molecule has 1 fully saturated rings. The van der Waals surface area contributed by atoms with E-state index in [0.717, 1.165) is 59.6 Å². The first-order valence-electron chi connectivity index (χ1n) is 9.79. The van der Waals surface area contributed by atoms with Crippen molar-refractivity contribution >= 4 is 33.9 Å². The van der Waals surface area contributed by atoms with Gasteiger partial charge in [-0.3, -0.25) is 4.79 Å². The van der Waals surface area contributed by atoms with Gasteiger partial charge in [0.25, 0.3) is 0 Å². The highest BCUT2D eigenvalue weighted by Gasteiger charge is 2.23. The standard InChI is InChI=1S/C21H25N3O3/c1-14(8-2-5-11-17(25)26)20-22-18-15-9-3-4-10-16(15)27-19(18)21(23-20)24-12-6-7-13-24/h3-4,9-10,14H,2,5-8,11-13H2,1H3,(H,25,26). The number of para-hydroxylation sites is 1. The van der Waals surface area contributed by atoms with Crippen molar-refractivity contribution < 1.29 is 14.3 Å². The predicted octanol–water partition coefficient (Wildman–Crippen LogP) is 4.72. The maximum absolute atomic E-state index is 10.7. The molecule has 3 heterocycles. The second kappa shape index (κ2) is 7.55. The molecule has 1 unspecified atom stereocenters. The Bertz CT molecular complexity index is 960. The number of hydrogen-bond donors (Lipinski definition) is 1. The molecule has 1 atom stereocenters. The second-order valence-electron chi connectivity index (χ2n) is 7.42. The van der Waals surface area contributed by atoms with Crippen molar-refractivity contribution in [2.75, 3.05) is 18.0 Å². The van der Waals surface area contributed by atoms with E-state index in [2.05, 4.69) is 11.8 Å². The highest BCUT2D eigenvalue weighted by Crippen LogP contribution is 2.35. The first-order valence-corrected chi connectivity index (χ1v) is 9.79. The number of hydrogen-bond acceptors (Lipinski definition) is 5. The Balaban J connectivity index is 1.70. The van der Waals surface area contributed by atoms with Crippen molar-refractivity contribution in [1.29, 1.82) is 0 Å². The number of carboxylic acids is 1. The minimum atomic E-state index is -0.735. The van der Waals surface area contributed by atoms with Crippen LogP contribution >= 0.6 is 0 Å². The van der Waals surface area contributed by atoms with Crippen LogP contribution in [-0.4, -0.2) is 34.1 Å². The molecule has 3 aromatic rings. The fourth-order valence-electron chi connectivity index (χ4n) is 3.81. The van der Waals surface area contributed by atoms with Crippen LogP contribution in [0.5, 0.6) is 0 Å². The normalized spacial score (nSPS) is 15.7. The van der Waals surface area contributed by atoms with Crippen molar-refractivity contribution in [2.45, 2.75) is 51.4 Å². The van der Waals surface area contributed by atoms with Crippen molar-refractivity contribution in [3.8, 4) is 0 Å². The number of fused-ring (bicyclic) bond motifs is 3. The van der Waals surface area contributed by atoms with Crippen LogP contribution in [0, 0.1) is 0 Å². The van der Waals surface area contributed by atoms with Crippen LogP contribution in [0.15, 0.2) is 28.7 Å². The Morgan fingerprint density at radius 3 is 2.78 bits per heavy atom. The van der Waals surface area contributed by atoms with E-state index in [9.17, 15) is 4.79 Å². The van der Waals surface area contributed by atoms with Crippen LogP contribution in [0.3, 0.4) is 0 Å². The van der Waals surface area contributed by atoms with Crippen LogP contribution in [0.2, 0.25) is 0 Å². The van der Waals surface area contributed by atoms with Gasteiger partial charge in [0, 0.05) is 30.8 Å². The monoisotopic (exact) mass is 367 g/mol. The zero-order chi connectivity index (χ0) is 18.8. The number of furan rings is 1. The van der Waals surface area contributed by atoms with Gasteiger partial charge in [0.2, 0.25) is 0 Å². The zero-order valence-electron chi connectivity index (χ0n) is 15.6. The Kier molecular flexibility index (Phi) is 4.97. The third-order valence-corrected chi connectivity index (χ3v) is 5.34. The molecular formula is C21H25N3O3. The molecule has 0 amide bonds. The predicted molar refractivity (Wildman–Crippen MR) is 105 cm³/mol. The first-order chi connectivity index (χ1) is 13.1. The molecule has 1 aliphatic rings. The summed E-state index contributed by atoms with van der Waals surface area (Å²) in [6.45, 7) is 4.11. The number of benzene rings is 1. The van der Waals surface area contributed by atoms with Gasteiger partial charge in [0.05, 0.1) is 0 Å². The van der Waals surface area contributed by atoms with Crippen LogP contribution in [0.25, 0.3) is 22.1 Å². The molecule has 6 heteroatoms. The Hall–Kier alpha value is -2.63. The summed E-state index contributed by atoms with van der Waals surface area (Å²) in [5.41, 5.74) is 2.50. The van der Waals surface area contributed by atoms with E-state index in [1.807, 2.05) is 24.3 Å². The largest absolute Gasteiger partial charge is 0.481 e. The number of aromatic nitrogens is 2. The van der Waals surface area contributed by atoms with Gasteiger partial charge < -0.3 is 14.4 Å². The summed E-state index contributed by atoms with van der Waals surface area (Å²) in [4.78, 5) is 22.8. The minimum Gasteiger partial charge on any atom is -0.481 e. The Morgan fingerprint density at radius 2 is 2.00 bits per heavy atom. The van der Waals surface area contributed by atoms with Gasteiger partial charge in [-0.15, -0.1) is 0 Å². The number of nitrogens with zero attached hydrogens (tertiary/aromatic N) is 3. The van der Waals surface area contributed by atoms with Crippen molar-refractivity contribution in [2.24, 2.45) is 0 Å². The van der Waals surface area contributed by atoms with Gasteiger partial charge in [-0.2, -0.15) is 0 Å². The van der Waals surface area contributed by atoms with E-state index in [-0.39, 0.29) is 12.3 Å². The lowest BCUT2D eigenvalue weighted by atomic mass is 10.0. The third-order valence-electron chi connectivity index (χ3n) is 5.34. The SMILES string of the molecule is CC(CCCCC(=O)O)c1nc(N2CCCC2)c2oc3ccccc3c2n1. The number of carboxylic acid groups (broad SMARTS) is 1. The summed E-state index contributed by atoms with van der Waals surface area (Å²) >= 11 is 0. The van der Waals surface area contributed by atoms with E-state index in [4.69, 9.17) is 19.5 Å². The molecule has 0 bridgehead atoms. The molecule has 6 nitrogen and oxygen atoms in total. The molecule has 4 rings (SSSR count). The van der Waals surface area contributed by atoms with Crippen LogP contribution in [-0.2, 0) is 4.79 Å². The van der Waals surface area contributed by atoms with Crippen molar-refractivity contribution in [3.05, 3.63) is 30.1 Å². The van der Waals surface area contributed by atoms with Gasteiger partial charge in [0.15, 0.2) is 11.4 Å². The third kappa shape index (κ3) is 3.61. The molecular weight excluding hydrogens is 342 g/mol. The van der Waals surface area contributed by atoms with E-state index in [0.29, 0.717) is 6.42 Å². The lowest BCUT2D eigenvalue weighted by molar-refractivity contribution is -0.137. The lowest BCUT2D eigenvalue weighted by Crippen LogP contribution is -2.20. The lowest BCUT2D eigenvalue weighted by Gasteiger charge is -2.18. The molecule has 1 saturated heterocycles. The number of anilines is 1. The highest BCUT2D eigenvalue weighted by atomic mass is 16.4. The maximum atomic E-state index is 10.7. The van der Waals surface area contributed by atoms with Gasteiger partial charge in [-0.25, -0.2) is 9.97 Å². The maximum Gasteiger partial charge on any atom is 0.303 e. The van der Waals surface area contributed by atoms with Crippen LogP contribution in [0.1, 0.15) is 57.2 Å². The molecule has 1 aromatic carbocycles.